The summed E-state index contributed by atoms with van der Waals surface area (Å²) < 4.78 is 2.30. The van der Waals surface area contributed by atoms with Gasteiger partial charge in [-0.15, -0.1) is 0 Å². The van der Waals surface area contributed by atoms with E-state index in [1.807, 2.05) is 0 Å². The number of hydrogen-bond acceptors (Lipinski definition) is 5. The summed E-state index contributed by atoms with van der Waals surface area (Å²) in [5, 5.41) is 37.6. The second kappa shape index (κ2) is 11.7. The Bertz CT molecular complexity index is 1440. The number of aryl methyl sites for hydroxylation is 1. The molecule has 0 bridgehead atoms. The summed E-state index contributed by atoms with van der Waals surface area (Å²) >= 11 is 0. The molecule has 8 nitrogen and oxygen atoms in total. The van der Waals surface area contributed by atoms with Crippen LogP contribution in [0.4, 0.5) is 0 Å². The third-order valence-corrected chi connectivity index (χ3v) is 7.94. The SMILES string of the molecule is CN(CCCn1ccc2cc(CNC[C@H](O)c3ccc(O)c4[nH]c(=O)ccc34)ccc21)[C@H]1CC[C@H]([O])CC1. The highest BCUT2D eigenvalue weighted by Gasteiger charge is 2.23. The zero-order valence-corrected chi connectivity index (χ0v) is 21.9. The molecule has 1 aliphatic rings. The lowest BCUT2D eigenvalue weighted by Crippen LogP contribution is -2.36. The Morgan fingerprint density at radius 1 is 1.11 bits per heavy atom. The molecule has 1 atom stereocenters. The molecule has 4 aromatic rings. The normalized spacial score (nSPS) is 18.9. The van der Waals surface area contributed by atoms with Gasteiger partial charge in [-0.1, -0.05) is 12.1 Å². The average Bonchev–Trinajstić information content (AvgIpc) is 3.31. The number of aliphatic hydroxyl groups is 1. The standard InChI is InChI=1S/C30H37N4O4/c1-33(22-4-6-23(35)7-5-22)14-2-15-34-16-13-21-17-20(3-10-26(21)34)18-31-19-28(37)24-8-11-27(36)30-25(24)9-12-29(38)32-30/h3,8-13,16-17,22-23,28,31,36-37H,2,4-7,14-15,18-19H2,1H3,(H,32,38)/t22-,23-,28-/m0/s1. The van der Waals surface area contributed by atoms with E-state index in [9.17, 15) is 20.1 Å². The molecule has 0 amide bonds. The van der Waals surface area contributed by atoms with Crippen molar-refractivity contribution in [1.29, 1.82) is 0 Å². The van der Waals surface area contributed by atoms with Crippen LogP contribution in [0, 0.1) is 0 Å². The molecule has 1 saturated carbocycles. The molecule has 8 heteroatoms. The molecule has 0 aliphatic heterocycles. The van der Waals surface area contributed by atoms with Gasteiger partial charge in [-0.05, 0) is 92.5 Å². The van der Waals surface area contributed by atoms with Crippen LogP contribution in [0.3, 0.4) is 0 Å². The highest BCUT2D eigenvalue weighted by molar-refractivity contribution is 5.87. The molecule has 0 spiro atoms. The van der Waals surface area contributed by atoms with Crippen molar-refractivity contribution in [3.8, 4) is 5.75 Å². The monoisotopic (exact) mass is 517 g/mol. The van der Waals surface area contributed by atoms with E-state index in [0.717, 1.165) is 50.8 Å². The van der Waals surface area contributed by atoms with Gasteiger partial charge in [-0.2, -0.15) is 0 Å². The van der Waals surface area contributed by atoms with Crippen molar-refractivity contribution < 1.29 is 15.3 Å². The maximum Gasteiger partial charge on any atom is 0.248 e. The molecular weight excluding hydrogens is 480 g/mol. The van der Waals surface area contributed by atoms with E-state index < -0.39 is 6.10 Å². The summed E-state index contributed by atoms with van der Waals surface area (Å²) in [6, 6.07) is 15.4. The number of nitrogens with one attached hydrogen (secondary N) is 2. The van der Waals surface area contributed by atoms with Gasteiger partial charge in [0.25, 0.3) is 0 Å². The number of aromatic hydroxyl groups is 1. The molecule has 0 saturated heterocycles. The number of aromatic nitrogens is 2. The van der Waals surface area contributed by atoms with Gasteiger partial charge >= 0.3 is 0 Å². The number of rotatable bonds is 10. The largest absolute Gasteiger partial charge is 0.506 e. The van der Waals surface area contributed by atoms with Crippen LogP contribution < -0.4 is 10.9 Å². The van der Waals surface area contributed by atoms with E-state index in [2.05, 4.69) is 57.3 Å². The molecule has 1 fully saturated rings. The molecule has 1 aliphatic carbocycles. The van der Waals surface area contributed by atoms with E-state index >= 15 is 0 Å². The summed E-state index contributed by atoms with van der Waals surface area (Å²) in [6.45, 7) is 2.94. The predicted octanol–water partition coefficient (Wildman–Crippen LogP) is 4.08. The molecule has 2 aromatic carbocycles. The van der Waals surface area contributed by atoms with Crippen molar-refractivity contribution >= 4 is 21.8 Å². The molecule has 2 aromatic heterocycles. The van der Waals surface area contributed by atoms with Crippen LogP contribution in [-0.4, -0.2) is 56.9 Å². The Balaban J connectivity index is 1.14. The molecule has 2 heterocycles. The third kappa shape index (κ3) is 5.94. The second-order valence-corrected chi connectivity index (χ2v) is 10.6. The number of phenolic OH excluding ortho intramolecular Hbond substituents is 1. The van der Waals surface area contributed by atoms with Crippen LogP contribution in [-0.2, 0) is 18.2 Å². The molecule has 0 unspecified atom stereocenters. The molecule has 4 N–H and O–H groups in total. The summed E-state index contributed by atoms with van der Waals surface area (Å²) in [7, 11) is 2.19. The van der Waals surface area contributed by atoms with Crippen molar-refractivity contribution in [2.75, 3.05) is 20.1 Å². The quantitative estimate of drug-likeness (QED) is 0.253. The zero-order chi connectivity index (χ0) is 26.6. The zero-order valence-electron chi connectivity index (χ0n) is 21.9. The minimum atomic E-state index is -0.790. The summed E-state index contributed by atoms with van der Waals surface area (Å²) in [4.78, 5) is 16.7. The van der Waals surface area contributed by atoms with Crippen molar-refractivity contribution in [1.82, 2.24) is 19.8 Å². The number of phenols is 1. The van der Waals surface area contributed by atoms with Crippen molar-refractivity contribution in [3.63, 3.8) is 0 Å². The molecule has 38 heavy (non-hydrogen) atoms. The maximum absolute atomic E-state index is 11.6. The van der Waals surface area contributed by atoms with Gasteiger partial charge in [0.05, 0.1) is 17.7 Å². The number of aliphatic hydroxyl groups excluding tert-OH is 1. The summed E-state index contributed by atoms with van der Waals surface area (Å²) in [5.41, 5.74) is 3.04. The fourth-order valence-corrected chi connectivity index (χ4v) is 5.73. The number of nitrogens with zero attached hydrogens (tertiary/aromatic N) is 2. The van der Waals surface area contributed by atoms with E-state index in [4.69, 9.17) is 0 Å². The van der Waals surface area contributed by atoms with Crippen molar-refractivity contribution in [2.24, 2.45) is 0 Å². The first-order chi connectivity index (χ1) is 18.4. The maximum atomic E-state index is 11.6. The average molecular weight is 518 g/mol. The minimum absolute atomic E-state index is 0.0170. The summed E-state index contributed by atoms with van der Waals surface area (Å²) in [6.07, 6.45) is 5.74. The number of fused-ring (bicyclic) bond motifs is 2. The molecule has 201 valence electrons. The van der Waals surface area contributed by atoms with E-state index in [-0.39, 0.29) is 17.4 Å². The fourth-order valence-electron chi connectivity index (χ4n) is 5.73. The van der Waals surface area contributed by atoms with Crippen molar-refractivity contribution in [3.05, 3.63) is 76.2 Å². The molecule has 5 rings (SSSR count). The highest BCUT2D eigenvalue weighted by Crippen LogP contribution is 2.28. The number of pyridine rings is 1. The first-order valence-corrected chi connectivity index (χ1v) is 13.6. The van der Waals surface area contributed by atoms with Crippen LogP contribution in [0.5, 0.6) is 5.75 Å². The number of hydrogen-bond donors (Lipinski definition) is 4. The van der Waals surface area contributed by atoms with Crippen molar-refractivity contribution in [2.45, 2.75) is 63.4 Å². The Hall–Kier alpha value is -3.17. The summed E-state index contributed by atoms with van der Waals surface area (Å²) in [5.74, 6) is -0.0170. The van der Waals surface area contributed by atoms with Gasteiger partial charge < -0.3 is 30.0 Å². The Morgan fingerprint density at radius 2 is 1.92 bits per heavy atom. The number of aromatic amines is 1. The first-order valence-electron chi connectivity index (χ1n) is 13.6. The Kier molecular flexibility index (Phi) is 8.14. The van der Waals surface area contributed by atoms with E-state index in [0.29, 0.717) is 35.6 Å². The lowest BCUT2D eigenvalue weighted by Gasteiger charge is -2.32. The van der Waals surface area contributed by atoms with Crippen LogP contribution in [0.25, 0.3) is 21.8 Å². The number of H-pyrrole nitrogens is 1. The third-order valence-electron chi connectivity index (χ3n) is 7.94. The second-order valence-electron chi connectivity index (χ2n) is 10.6. The van der Waals surface area contributed by atoms with Gasteiger partial charge in [-0.3, -0.25) is 4.79 Å². The van der Waals surface area contributed by atoms with E-state index in [1.54, 1.807) is 12.1 Å². The Morgan fingerprint density at radius 3 is 2.74 bits per heavy atom. The first kappa shape index (κ1) is 26.4. The lowest BCUT2D eigenvalue weighted by molar-refractivity contribution is 0.0309. The predicted molar refractivity (Wildman–Crippen MR) is 149 cm³/mol. The molecular formula is C30H37N4O4. The van der Waals surface area contributed by atoms with Gasteiger partial charge in [0.1, 0.15) is 5.75 Å². The number of benzene rings is 2. The topological polar surface area (TPSA) is 113 Å². The minimum Gasteiger partial charge on any atom is -0.506 e. The van der Waals surface area contributed by atoms with Crippen LogP contribution in [0.15, 0.2) is 59.5 Å². The van der Waals surface area contributed by atoms with Crippen LogP contribution in [0.2, 0.25) is 0 Å². The van der Waals surface area contributed by atoms with E-state index in [1.165, 1.54) is 23.0 Å². The Labute approximate surface area is 222 Å². The lowest BCUT2D eigenvalue weighted by atomic mass is 9.92. The highest BCUT2D eigenvalue weighted by atomic mass is 16.3. The van der Waals surface area contributed by atoms with Gasteiger partial charge in [0.15, 0.2) is 0 Å². The van der Waals surface area contributed by atoms with Crippen LogP contribution >= 0.6 is 0 Å². The fraction of sp³-hybridized carbons (Fsp3) is 0.433. The molecule has 1 radical (unpaired) electrons. The van der Waals surface area contributed by atoms with Crippen LogP contribution in [0.1, 0.15) is 49.3 Å². The van der Waals surface area contributed by atoms with Gasteiger partial charge in [-0.25, -0.2) is 5.11 Å². The smallest absolute Gasteiger partial charge is 0.248 e. The van der Waals surface area contributed by atoms with Gasteiger partial charge in [0.2, 0.25) is 5.56 Å². The van der Waals surface area contributed by atoms with Gasteiger partial charge in [0, 0.05) is 48.8 Å².